The highest BCUT2D eigenvalue weighted by Crippen LogP contribution is 2.46. The maximum absolute atomic E-state index is 13.9. The van der Waals surface area contributed by atoms with E-state index in [1.807, 2.05) is 0 Å². The Morgan fingerprint density at radius 2 is 1.93 bits per heavy atom. The summed E-state index contributed by atoms with van der Waals surface area (Å²) < 4.78 is 26.8. The van der Waals surface area contributed by atoms with Crippen molar-refractivity contribution in [2.45, 2.75) is 69.9 Å². The molecule has 240 valence electrons. The van der Waals surface area contributed by atoms with Crippen LogP contribution in [0.25, 0.3) is 22.0 Å². The van der Waals surface area contributed by atoms with Crippen molar-refractivity contribution < 1.29 is 18.7 Å². The number of hydrogen-bond acceptors (Lipinski definition) is 8. The van der Waals surface area contributed by atoms with Crippen molar-refractivity contribution in [2.75, 3.05) is 51.3 Å². The average molecular weight is 625 g/mol. The minimum absolute atomic E-state index is 0.0633. The van der Waals surface area contributed by atoms with Gasteiger partial charge in [0.2, 0.25) is 0 Å². The Morgan fingerprint density at radius 3 is 2.74 bits per heavy atom. The van der Waals surface area contributed by atoms with E-state index in [1.165, 1.54) is 40.0 Å². The Morgan fingerprint density at radius 1 is 1.09 bits per heavy atom. The lowest BCUT2D eigenvalue weighted by Gasteiger charge is -2.41. The second-order valence-corrected chi connectivity index (χ2v) is 13.0. The predicted molar refractivity (Wildman–Crippen MR) is 175 cm³/mol. The van der Waals surface area contributed by atoms with Gasteiger partial charge in [0.25, 0.3) is 5.91 Å². The fourth-order valence-electron chi connectivity index (χ4n) is 7.77. The number of amides is 1. The maximum atomic E-state index is 13.9. The lowest BCUT2D eigenvalue weighted by molar-refractivity contribution is -0.131. The number of halogens is 1. The van der Waals surface area contributed by atoms with Crippen LogP contribution in [0.15, 0.2) is 36.7 Å². The van der Waals surface area contributed by atoms with Crippen LogP contribution in [0.3, 0.4) is 0 Å². The normalized spacial score (nSPS) is 21.3. The molecule has 0 radical (unpaired) electrons. The summed E-state index contributed by atoms with van der Waals surface area (Å²) in [5, 5.41) is 10.4. The van der Waals surface area contributed by atoms with Crippen molar-refractivity contribution in [1.82, 2.24) is 19.8 Å². The number of rotatable bonds is 7. The highest BCUT2D eigenvalue weighted by molar-refractivity contribution is 6.01. The number of aromatic nitrogens is 2. The van der Waals surface area contributed by atoms with Crippen LogP contribution in [0.4, 0.5) is 10.2 Å². The third kappa shape index (κ3) is 5.66. The van der Waals surface area contributed by atoms with E-state index in [0.717, 1.165) is 67.3 Å². The summed E-state index contributed by atoms with van der Waals surface area (Å²) in [4.78, 5) is 28.5. The van der Waals surface area contributed by atoms with Gasteiger partial charge in [-0.2, -0.15) is 15.2 Å². The molecule has 3 aliphatic heterocycles. The summed E-state index contributed by atoms with van der Waals surface area (Å²) in [6.07, 6.45) is 8.63. The van der Waals surface area contributed by atoms with Crippen LogP contribution in [0.5, 0.6) is 11.8 Å². The van der Waals surface area contributed by atoms with Crippen LogP contribution < -0.4 is 14.4 Å². The molecule has 0 N–H and O–H groups in total. The van der Waals surface area contributed by atoms with Crippen LogP contribution in [0.1, 0.15) is 55.2 Å². The number of likely N-dealkylation sites (N-methyl/N-ethyl adjacent to an activating group) is 1. The van der Waals surface area contributed by atoms with Crippen molar-refractivity contribution in [3.8, 4) is 29.0 Å². The molecule has 1 aliphatic carbocycles. The summed E-state index contributed by atoms with van der Waals surface area (Å²) >= 11 is 0. The van der Waals surface area contributed by atoms with Gasteiger partial charge in [0.05, 0.1) is 36.0 Å². The molecule has 1 amide bonds. The van der Waals surface area contributed by atoms with Gasteiger partial charge in [0.15, 0.2) is 5.83 Å². The first-order chi connectivity index (χ1) is 22.4. The first kappa shape index (κ1) is 30.4. The molecular weight excluding hydrogens is 583 g/mol. The fourth-order valence-corrected chi connectivity index (χ4v) is 7.77. The quantitative estimate of drug-likeness (QED) is 0.323. The number of fused-ring (bicyclic) bond motifs is 4. The van der Waals surface area contributed by atoms with Crippen molar-refractivity contribution >= 4 is 22.6 Å². The number of nitriles is 1. The Balaban J connectivity index is 1.36. The number of aryl methyl sites for hydroxylation is 1. The number of carbonyl (C=O) groups is 1. The average Bonchev–Trinajstić information content (AvgIpc) is 3.50. The molecule has 0 saturated carbocycles. The second kappa shape index (κ2) is 12.9. The minimum Gasteiger partial charge on any atom is -0.492 e. The number of ether oxygens (including phenoxy) is 2. The zero-order chi connectivity index (χ0) is 31.8. The van der Waals surface area contributed by atoms with Crippen molar-refractivity contribution in [3.05, 3.63) is 53.4 Å². The number of anilines is 1. The van der Waals surface area contributed by atoms with E-state index in [-0.39, 0.29) is 13.0 Å². The van der Waals surface area contributed by atoms with E-state index in [4.69, 9.17) is 19.4 Å². The molecule has 2 fully saturated rings. The second-order valence-electron chi connectivity index (χ2n) is 13.0. The molecule has 2 aromatic carbocycles. The van der Waals surface area contributed by atoms with Gasteiger partial charge in [0.1, 0.15) is 18.2 Å². The van der Waals surface area contributed by atoms with E-state index in [1.54, 1.807) is 0 Å². The summed E-state index contributed by atoms with van der Waals surface area (Å²) in [7, 11) is 2.12. The Hall–Kier alpha value is -4.23. The Labute approximate surface area is 269 Å². The van der Waals surface area contributed by atoms with Crippen molar-refractivity contribution in [3.63, 3.8) is 0 Å². The molecule has 0 unspecified atom stereocenters. The zero-order valence-corrected chi connectivity index (χ0v) is 26.6. The maximum Gasteiger partial charge on any atom is 0.319 e. The van der Waals surface area contributed by atoms with Gasteiger partial charge in [-0.3, -0.25) is 4.79 Å². The molecule has 3 aromatic rings. The van der Waals surface area contributed by atoms with Gasteiger partial charge in [-0.1, -0.05) is 24.8 Å². The summed E-state index contributed by atoms with van der Waals surface area (Å²) in [5.41, 5.74) is 7.17. The number of likely N-dealkylation sites (tertiary alicyclic amines) is 1. The van der Waals surface area contributed by atoms with E-state index < -0.39 is 17.8 Å². The summed E-state index contributed by atoms with van der Waals surface area (Å²) in [6.45, 7) is 6.29. The van der Waals surface area contributed by atoms with Crippen LogP contribution in [0.2, 0.25) is 0 Å². The molecule has 0 spiro atoms. The van der Waals surface area contributed by atoms with E-state index in [9.17, 15) is 14.4 Å². The smallest absolute Gasteiger partial charge is 0.319 e. The highest BCUT2D eigenvalue weighted by Gasteiger charge is 2.35. The molecule has 2 saturated heterocycles. The van der Waals surface area contributed by atoms with Gasteiger partial charge in [-0.25, -0.2) is 4.39 Å². The lowest BCUT2D eigenvalue weighted by atomic mass is 9.83. The molecule has 1 aromatic heterocycles. The molecule has 7 rings (SSSR count). The van der Waals surface area contributed by atoms with Gasteiger partial charge in [0, 0.05) is 31.2 Å². The summed E-state index contributed by atoms with van der Waals surface area (Å²) in [5.74, 6) is -0.325. The highest BCUT2D eigenvalue weighted by atomic mass is 19.1. The third-order valence-electron chi connectivity index (χ3n) is 10.2. The molecule has 10 heteroatoms. The first-order valence-corrected chi connectivity index (χ1v) is 16.6. The third-order valence-corrected chi connectivity index (χ3v) is 10.2. The number of nitrogens with zero attached hydrogens (tertiary/aromatic N) is 6. The van der Waals surface area contributed by atoms with Gasteiger partial charge < -0.3 is 24.2 Å². The molecule has 2 atom stereocenters. The minimum atomic E-state index is -1.02. The number of benzene rings is 2. The van der Waals surface area contributed by atoms with Crippen molar-refractivity contribution in [2.24, 2.45) is 0 Å². The number of carbonyl (C=O) groups excluding carboxylic acids is 1. The standard InChI is InChI=1S/C36H41FN6O3/c1-23(37)35(44)43-18-17-42(21-25(43)14-15-38)34-32-31(39-36(40-34)46-22-26-10-6-16-41(26)2)20-30(29-13-7-19-45-33(29)32)28-12-5-9-24-8-3-4-11-27(24)28/h5,9,12,20,25-26H,1,3-4,6-8,10-11,13-14,16-19,21-22H2,2H3/t25-,26-/m0/s1. The SMILES string of the molecule is C=C(F)C(=O)N1CCN(c2nc(OC[C@@H]3CCCN3C)nc3cc(-c4cccc5c4CCCC5)c4c(c23)OCCC4)C[C@@H]1CC#N. The van der Waals surface area contributed by atoms with E-state index in [2.05, 4.69) is 53.8 Å². The first-order valence-electron chi connectivity index (χ1n) is 16.6. The molecule has 9 nitrogen and oxygen atoms in total. The number of hydrogen-bond donors (Lipinski definition) is 0. The Kier molecular flexibility index (Phi) is 8.52. The molecule has 4 heterocycles. The van der Waals surface area contributed by atoms with Crippen LogP contribution in [-0.4, -0.2) is 84.2 Å². The van der Waals surface area contributed by atoms with Crippen LogP contribution >= 0.6 is 0 Å². The molecular formula is C36H41FN6O3. The monoisotopic (exact) mass is 624 g/mol. The molecule has 4 aliphatic rings. The van der Waals surface area contributed by atoms with Crippen LogP contribution in [0, 0.1) is 11.3 Å². The summed E-state index contributed by atoms with van der Waals surface area (Å²) in [6, 6.07) is 11.1. The molecule has 46 heavy (non-hydrogen) atoms. The van der Waals surface area contributed by atoms with E-state index >= 15 is 0 Å². The van der Waals surface area contributed by atoms with Gasteiger partial charge in [-0.05, 0) is 93.3 Å². The van der Waals surface area contributed by atoms with Crippen molar-refractivity contribution in [1.29, 1.82) is 5.26 Å². The predicted octanol–water partition coefficient (Wildman–Crippen LogP) is 5.39. The molecule has 0 bridgehead atoms. The number of piperazine rings is 1. The van der Waals surface area contributed by atoms with E-state index in [0.29, 0.717) is 44.2 Å². The lowest BCUT2D eigenvalue weighted by Crippen LogP contribution is -2.55. The zero-order valence-electron chi connectivity index (χ0n) is 26.6. The largest absolute Gasteiger partial charge is 0.492 e. The fraction of sp³-hybridized carbons (Fsp3) is 0.500. The van der Waals surface area contributed by atoms with Crippen LogP contribution in [-0.2, 0) is 24.1 Å². The van der Waals surface area contributed by atoms with Gasteiger partial charge >= 0.3 is 6.01 Å². The Bertz CT molecular complexity index is 1720. The van der Waals surface area contributed by atoms with Gasteiger partial charge in [-0.15, -0.1) is 0 Å². The topological polar surface area (TPSA) is 94.8 Å².